The fourth-order valence-electron chi connectivity index (χ4n) is 2.75. The van der Waals surface area contributed by atoms with Crippen LogP contribution < -0.4 is 10.9 Å². The molecule has 0 bridgehead atoms. The average Bonchev–Trinajstić information content (AvgIpc) is 2.63. The Balaban J connectivity index is 1.92. The summed E-state index contributed by atoms with van der Waals surface area (Å²) >= 11 is 17.8. The first-order valence-corrected chi connectivity index (χ1v) is 9.50. The Hall–Kier alpha value is -2.48. The van der Waals surface area contributed by atoms with Crippen LogP contribution in [0.4, 0.5) is 18.9 Å². The quantitative estimate of drug-likeness (QED) is 0.494. The van der Waals surface area contributed by atoms with E-state index in [1.54, 1.807) is 0 Å². The number of nitrogens with one attached hydrogen (secondary N) is 1. The van der Waals surface area contributed by atoms with Gasteiger partial charge in [-0.25, -0.2) is 0 Å². The van der Waals surface area contributed by atoms with Crippen LogP contribution in [0.5, 0.6) is 0 Å². The maximum absolute atomic E-state index is 12.9. The standard InChI is InChI=1S/C20H12Cl3F3N2O2/c21-13-5-14(22)7-16(6-13)27-18(29)17-8-15(23)10-28(19(17)30)9-11-2-1-3-12(4-11)20(24,25)26/h1-8,10H,9H2,(H,27,29). The highest BCUT2D eigenvalue weighted by Crippen LogP contribution is 2.29. The fraction of sp³-hybridized carbons (Fsp3) is 0.100. The first-order valence-electron chi connectivity index (χ1n) is 8.36. The largest absolute Gasteiger partial charge is 0.416 e. The molecule has 30 heavy (non-hydrogen) atoms. The monoisotopic (exact) mass is 474 g/mol. The summed E-state index contributed by atoms with van der Waals surface area (Å²) in [5.74, 6) is -0.765. The van der Waals surface area contributed by atoms with Crippen LogP contribution in [0.15, 0.2) is 59.5 Å². The van der Waals surface area contributed by atoms with Crippen molar-refractivity contribution in [1.29, 1.82) is 0 Å². The van der Waals surface area contributed by atoms with E-state index in [-0.39, 0.29) is 38.4 Å². The van der Waals surface area contributed by atoms with E-state index in [0.717, 1.165) is 16.7 Å². The van der Waals surface area contributed by atoms with Crippen molar-refractivity contribution >= 4 is 46.4 Å². The minimum atomic E-state index is -4.52. The van der Waals surface area contributed by atoms with Crippen molar-refractivity contribution in [3.05, 3.63) is 96.8 Å². The van der Waals surface area contributed by atoms with Crippen LogP contribution in [0.2, 0.25) is 15.1 Å². The van der Waals surface area contributed by atoms with Crippen LogP contribution in [-0.4, -0.2) is 10.5 Å². The Bertz CT molecular complexity index is 1160. The van der Waals surface area contributed by atoms with Gasteiger partial charge in [-0.1, -0.05) is 46.9 Å². The number of carbonyl (C=O) groups excluding carboxylic acids is 1. The number of anilines is 1. The van der Waals surface area contributed by atoms with Crippen LogP contribution in [-0.2, 0) is 12.7 Å². The SMILES string of the molecule is O=C(Nc1cc(Cl)cc(Cl)c1)c1cc(Cl)cn(Cc2cccc(C(F)(F)F)c2)c1=O. The summed E-state index contributed by atoms with van der Waals surface area (Å²) in [5.41, 5.74) is -1.36. The number of nitrogens with zero attached hydrogens (tertiary/aromatic N) is 1. The first-order chi connectivity index (χ1) is 14.0. The molecule has 1 heterocycles. The molecular weight excluding hydrogens is 464 g/mol. The van der Waals surface area contributed by atoms with E-state index in [2.05, 4.69) is 5.32 Å². The Morgan fingerprint density at radius 2 is 1.63 bits per heavy atom. The molecule has 0 fully saturated rings. The van der Waals surface area contributed by atoms with Gasteiger partial charge >= 0.3 is 6.18 Å². The third-order valence-corrected chi connectivity index (χ3v) is 4.67. The smallest absolute Gasteiger partial charge is 0.322 e. The van der Waals surface area contributed by atoms with Gasteiger partial charge in [0.25, 0.3) is 11.5 Å². The predicted octanol–water partition coefficient (Wildman–Crippen LogP) is 6.13. The van der Waals surface area contributed by atoms with Crippen LogP contribution in [0.25, 0.3) is 0 Å². The molecule has 0 unspecified atom stereocenters. The Labute approximate surface area is 183 Å². The highest BCUT2D eigenvalue weighted by atomic mass is 35.5. The number of hydrogen-bond acceptors (Lipinski definition) is 2. The summed E-state index contributed by atoms with van der Waals surface area (Å²) < 4.78 is 39.8. The maximum Gasteiger partial charge on any atom is 0.416 e. The summed E-state index contributed by atoms with van der Waals surface area (Å²) in [6, 6.07) is 10.1. The number of hydrogen-bond donors (Lipinski definition) is 1. The lowest BCUT2D eigenvalue weighted by Crippen LogP contribution is -2.29. The number of pyridine rings is 1. The summed E-state index contributed by atoms with van der Waals surface area (Å²) in [4.78, 5) is 25.3. The minimum Gasteiger partial charge on any atom is -0.322 e. The number of carbonyl (C=O) groups is 1. The van der Waals surface area contributed by atoms with Crippen molar-refractivity contribution < 1.29 is 18.0 Å². The number of aromatic nitrogens is 1. The topological polar surface area (TPSA) is 51.1 Å². The normalized spacial score (nSPS) is 11.4. The predicted molar refractivity (Wildman–Crippen MR) is 111 cm³/mol. The van der Waals surface area contributed by atoms with E-state index in [0.29, 0.717) is 0 Å². The second kappa shape index (κ2) is 8.71. The fourth-order valence-corrected chi connectivity index (χ4v) is 3.50. The summed E-state index contributed by atoms with van der Waals surface area (Å²) in [6.45, 7) is -0.202. The molecule has 4 nitrogen and oxygen atoms in total. The Morgan fingerprint density at radius 1 is 0.967 bits per heavy atom. The molecule has 0 saturated carbocycles. The minimum absolute atomic E-state index is 0.0656. The molecule has 0 aliphatic heterocycles. The van der Waals surface area contributed by atoms with Gasteiger partial charge in [0.15, 0.2) is 0 Å². The molecule has 10 heteroatoms. The Kier molecular flexibility index (Phi) is 6.45. The maximum atomic E-state index is 12.9. The van der Waals surface area contributed by atoms with Crippen molar-refractivity contribution in [3.8, 4) is 0 Å². The molecule has 2 aromatic carbocycles. The zero-order valence-electron chi connectivity index (χ0n) is 14.9. The van der Waals surface area contributed by atoms with Crippen LogP contribution in [0.1, 0.15) is 21.5 Å². The molecule has 1 aromatic heterocycles. The third-order valence-electron chi connectivity index (χ3n) is 4.02. The lowest BCUT2D eigenvalue weighted by molar-refractivity contribution is -0.137. The molecule has 0 radical (unpaired) electrons. The highest BCUT2D eigenvalue weighted by Gasteiger charge is 2.30. The van der Waals surface area contributed by atoms with Crippen molar-refractivity contribution in [2.75, 3.05) is 5.32 Å². The molecule has 0 aliphatic carbocycles. The van der Waals surface area contributed by atoms with Gasteiger partial charge in [-0.05, 0) is 42.0 Å². The molecule has 3 aromatic rings. The van der Waals surface area contributed by atoms with Gasteiger partial charge in [-0.15, -0.1) is 0 Å². The third kappa shape index (κ3) is 5.36. The van der Waals surface area contributed by atoms with E-state index in [1.165, 1.54) is 42.6 Å². The second-order valence-electron chi connectivity index (χ2n) is 6.32. The van der Waals surface area contributed by atoms with Crippen LogP contribution >= 0.6 is 34.8 Å². The number of amides is 1. The lowest BCUT2D eigenvalue weighted by Gasteiger charge is -2.12. The summed E-state index contributed by atoms with van der Waals surface area (Å²) in [7, 11) is 0. The zero-order chi connectivity index (χ0) is 22.1. The molecule has 0 spiro atoms. The summed E-state index contributed by atoms with van der Waals surface area (Å²) in [6.07, 6.45) is -3.27. The molecular formula is C20H12Cl3F3N2O2. The lowest BCUT2D eigenvalue weighted by atomic mass is 10.1. The van der Waals surface area contributed by atoms with Crippen molar-refractivity contribution in [1.82, 2.24) is 4.57 Å². The van der Waals surface area contributed by atoms with Gasteiger partial charge in [-0.3, -0.25) is 9.59 Å². The highest BCUT2D eigenvalue weighted by molar-refractivity contribution is 6.35. The van der Waals surface area contributed by atoms with Crippen molar-refractivity contribution in [3.63, 3.8) is 0 Å². The van der Waals surface area contributed by atoms with E-state index in [4.69, 9.17) is 34.8 Å². The van der Waals surface area contributed by atoms with Gasteiger partial charge in [0, 0.05) is 21.9 Å². The number of rotatable bonds is 4. The Morgan fingerprint density at radius 3 is 2.27 bits per heavy atom. The molecule has 1 amide bonds. The van der Waals surface area contributed by atoms with Gasteiger partial charge in [0.05, 0.1) is 17.1 Å². The molecule has 3 rings (SSSR count). The van der Waals surface area contributed by atoms with Crippen molar-refractivity contribution in [2.45, 2.75) is 12.7 Å². The van der Waals surface area contributed by atoms with E-state index in [9.17, 15) is 22.8 Å². The van der Waals surface area contributed by atoms with Gasteiger partial charge < -0.3 is 9.88 Å². The molecule has 156 valence electrons. The average molecular weight is 476 g/mol. The van der Waals surface area contributed by atoms with Gasteiger partial charge in [0.1, 0.15) is 5.56 Å². The molecule has 0 atom stereocenters. The van der Waals surface area contributed by atoms with Gasteiger partial charge in [0.2, 0.25) is 0 Å². The van der Waals surface area contributed by atoms with E-state index in [1.807, 2.05) is 0 Å². The second-order valence-corrected chi connectivity index (χ2v) is 7.62. The van der Waals surface area contributed by atoms with Gasteiger partial charge in [-0.2, -0.15) is 13.2 Å². The summed E-state index contributed by atoms with van der Waals surface area (Å²) in [5, 5.41) is 3.13. The zero-order valence-corrected chi connectivity index (χ0v) is 17.2. The van der Waals surface area contributed by atoms with Crippen LogP contribution in [0, 0.1) is 0 Å². The van der Waals surface area contributed by atoms with Crippen molar-refractivity contribution in [2.24, 2.45) is 0 Å². The number of alkyl halides is 3. The van der Waals surface area contributed by atoms with Crippen LogP contribution in [0.3, 0.4) is 0 Å². The molecule has 0 aliphatic rings. The first kappa shape index (κ1) is 22.2. The molecule has 1 N–H and O–H groups in total. The van der Waals surface area contributed by atoms with E-state index < -0.39 is 23.2 Å². The number of benzene rings is 2. The number of halogens is 6. The molecule has 0 saturated heterocycles. The van der Waals surface area contributed by atoms with E-state index >= 15 is 0 Å².